The molecule has 3 aromatic rings. The molecule has 1 unspecified atom stereocenters. The van der Waals surface area contributed by atoms with Crippen molar-refractivity contribution in [3.8, 4) is 17.0 Å². The van der Waals surface area contributed by atoms with Crippen LogP contribution in [0, 0.1) is 0 Å². The van der Waals surface area contributed by atoms with E-state index < -0.39 is 6.10 Å². The van der Waals surface area contributed by atoms with Gasteiger partial charge in [-0.3, -0.25) is 0 Å². The predicted molar refractivity (Wildman–Crippen MR) is 135 cm³/mol. The summed E-state index contributed by atoms with van der Waals surface area (Å²) in [4.78, 5) is 7.21. The lowest BCUT2D eigenvalue weighted by Gasteiger charge is -2.26. The first-order chi connectivity index (χ1) is 15.5. The number of nitrogens with zero attached hydrogens (tertiary/aromatic N) is 2. The Morgan fingerprint density at radius 3 is 2.31 bits per heavy atom. The van der Waals surface area contributed by atoms with E-state index in [-0.39, 0.29) is 0 Å². The fourth-order valence-electron chi connectivity index (χ4n) is 3.84. The topological polar surface area (TPSA) is 45.6 Å². The number of fused-ring (bicyclic) bond motifs is 1. The van der Waals surface area contributed by atoms with Gasteiger partial charge < -0.3 is 14.7 Å². The summed E-state index contributed by atoms with van der Waals surface area (Å²) in [5, 5.41) is 13.2. The summed E-state index contributed by atoms with van der Waals surface area (Å²) in [6, 6.07) is 13.2. The number of rotatable bonds is 11. The van der Waals surface area contributed by atoms with Crippen LogP contribution in [0.25, 0.3) is 22.2 Å². The van der Waals surface area contributed by atoms with Crippen LogP contribution in [-0.2, 0) is 0 Å². The second-order valence-electron chi connectivity index (χ2n) is 8.13. The smallest absolute Gasteiger partial charge is 0.121 e. The number of aliphatic hydroxyl groups is 1. The van der Waals surface area contributed by atoms with Gasteiger partial charge in [0.25, 0.3) is 0 Å². The Bertz CT molecular complexity index is 1030. The van der Waals surface area contributed by atoms with Gasteiger partial charge in [0.1, 0.15) is 5.75 Å². The van der Waals surface area contributed by atoms with Gasteiger partial charge in [0.15, 0.2) is 0 Å². The lowest BCUT2D eigenvalue weighted by Crippen LogP contribution is -2.31. The van der Waals surface area contributed by atoms with Gasteiger partial charge in [-0.1, -0.05) is 56.0 Å². The zero-order valence-corrected chi connectivity index (χ0v) is 20.6. The number of methoxy groups -OCH3 is 1. The average Bonchev–Trinajstić information content (AvgIpc) is 2.81. The summed E-state index contributed by atoms with van der Waals surface area (Å²) in [5.74, 6) is 0.726. The molecule has 0 aliphatic carbocycles. The number of unbranched alkanes of at least 4 members (excludes halogenated alkanes) is 2. The highest BCUT2D eigenvalue weighted by molar-refractivity contribution is 6.42. The number of hydrogen-bond donors (Lipinski definition) is 1. The fourth-order valence-corrected chi connectivity index (χ4v) is 4.14. The van der Waals surface area contributed by atoms with E-state index >= 15 is 0 Å². The summed E-state index contributed by atoms with van der Waals surface area (Å²) in [6.45, 7) is 6.96. The van der Waals surface area contributed by atoms with Crippen molar-refractivity contribution >= 4 is 34.1 Å². The van der Waals surface area contributed by atoms with E-state index in [2.05, 4.69) is 18.7 Å². The average molecular weight is 475 g/mol. The predicted octanol–water partition coefficient (Wildman–Crippen LogP) is 7.15. The molecule has 0 fully saturated rings. The highest BCUT2D eigenvalue weighted by atomic mass is 35.5. The monoisotopic (exact) mass is 474 g/mol. The number of aliphatic hydroxyl groups excluding tert-OH is 1. The minimum atomic E-state index is -0.635. The Hall–Kier alpha value is -1.85. The molecule has 0 saturated heterocycles. The van der Waals surface area contributed by atoms with Crippen molar-refractivity contribution < 1.29 is 9.84 Å². The molecule has 0 bridgehead atoms. The van der Waals surface area contributed by atoms with E-state index in [1.807, 2.05) is 36.4 Å². The molecule has 2 aromatic carbocycles. The molecular weight excluding hydrogens is 443 g/mol. The number of aromatic nitrogens is 1. The van der Waals surface area contributed by atoms with E-state index in [9.17, 15) is 5.11 Å². The molecule has 0 spiro atoms. The lowest BCUT2D eigenvalue weighted by atomic mass is 9.99. The van der Waals surface area contributed by atoms with Gasteiger partial charge in [-0.05, 0) is 61.8 Å². The van der Waals surface area contributed by atoms with Crippen molar-refractivity contribution in [3.05, 3.63) is 58.1 Å². The Morgan fingerprint density at radius 2 is 1.69 bits per heavy atom. The standard InChI is InChI=1S/C26H32Cl2N2O2/c1-4-6-12-30(13-7-5-2)17-26(31)21-16-24(18-8-11-22(27)23(28)14-18)29-25-15-19(32-3)9-10-20(21)25/h8-11,14-16,26,31H,4-7,12-13,17H2,1-3H3. The van der Waals surface area contributed by atoms with Crippen LogP contribution in [0.4, 0.5) is 0 Å². The molecule has 0 aliphatic heterocycles. The van der Waals surface area contributed by atoms with E-state index in [1.165, 1.54) is 0 Å². The number of hydrogen-bond acceptors (Lipinski definition) is 4. The van der Waals surface area contributed by atoms with Gasteiger partial charge in [-0.2, -0.15) is 0 Å². The van der Waals surface area contributed by atoms with Crippen molar-refractivity contribution in [2.75, 3.05) is 26.7 Å². The number of ether oxygens (including phenoxy) is 1. The summed E-state index contributed by atoms with van der Waals surface area (Å²) < 4.78 is 5.41. The summed E-state index contributed by atoms with van der Waals surface area (Å²) >= 11 is 12.4. The maximum atomic E-state index is 11.3. The number of benzene rings is 2. The third-order valence-corrected chi connectivity index (χ3v) is 6.45. The van der Waals surface area contributed by atoms with Gasteiger partial charge >= 0.3 is 0 Å². The van der Waals surface area contributed by atoms with Crippen LogP contribution in [0.15, 0.2) is 42.5 Å². The van der Waals surface area contributed by atoms with Crippen LogP contribution in [0.2, 0.25) is 10.0 Å². The molecule has 1 heterocycles. The van der Waals surface area contributed by atoms with Crippen LogP contribution in [0.1, 0.15) is 51.2 Å². The maximum Gasteiger partial charge on any atom is 0.121 e. The molecule has 6 heteroatoms. The number of halogens is 2. The largest absolute Gasteiger partial charge is 0.497 e. The van der Waals surface area contributed by atoms with E-state index in [0.29, 0.717) is 16.6 Å². The molecule has 32 heavy (non-hydrogen) atoms. The molecule has 1 aromatic heterocycles. The molecule has 1 atom stereocenters. The molecule has 1 N–H and O–H groups in total. The van der Waals surface area contributed by atoms with Crippen molar-refractivity contribution in [3.63, 3.8) is 0 Å². The van der Waals surface area contributed by atoms with Crippen LogP contribution < -0.4 is 4.74 Å². The Kier molecular flexibility index (Phi) is 9.18. The van der Waals surface area contributed by atoms with Crippen LogP contribution >= 0.6 is 23.2 Å². The zero-order chi connectivity index (χ0) is 23.1. The first-order valence-corrected chi connectivity index (χ1v) is 12.1. The van der Waals surface area contributed by atoms with Crippen LogP contribution in [-0.4, -0.2) is 41.7 Å². The minimum absolute atomic E-state index is 0.476. The summed E-state index contributed by atoms with van der Waals surface area (Å²) in [6.07, 6.45) is 3.89. The van der Waals surface area contributed by atoms with Crippen LogP contribution in [0.5, 0.6) is 5.75 Å². The van der Waals surface area contributed by atoms with Crippen LogP contribution in [0.3, 0.4) is 0 Å². The SMILES string of the molecule is CCCCN(CCCC)CC(O)c1cc(-c2ccc(Cl)c(Cl)c2)nc2cc(OC)ccc12. The summed E-state index contributed by atoms with van der Waals surface area (Å²) in [7, 11) is 1.64. The Morgan fingerprint density at radius 1 is 0.969 bits per heavy atom. The fraction of sp³-hybridized carbons (Fsp3) is 0.423. The van der Waals surface area contributed by atoms with Gasteiger partial charge in [0.2, 0.25) is 0 Å². The minimum Gasteiger partial charge on any atom is -0.497 e. The van der Waals surface area contributed by atoms with Crippen molar-refractivity contribution in [1.29, 1.82) is 0 Å². The Labute approximate surface area is 201 Å². The van der Waals surface area contributed by atoms with Gasteiger partial charge in [-0.25, -0.2) is 4.98 Å². The Balaban J connectivity index is 2.03. The van der Waals surface area contributed by atoms with Gasteiger partial charge in [-0.15, -0.1) is 0 Å². The molecule has 0 radical (unpaired) electrons. The molecule has 3 rings (SSSR count). The highest BCUT2D eigenvalue weighted by Crippen LogP contribution is 2.33. The van der Waals surface area contributed by atoms with Gasteiger partial charge in [0.05, 0.1) is 34.5 Å². The molecular formula is C26H32Cl2N2O2. The second-order valence-corrected chi connectivity index (χ2v) is 8.95. The maximum absolute atomic E-state index is 11.3. The van der Waals surface area contributed by atoms with E-state index in [4.69, 9.17) is 32.9 Å². The summed E-state index contributed by atoms with van der Waals surface area (Å²) in [5.41, 5.74) is 3.23. The third kappa shape index (κ3) is 6.14. The van der Waals surface area contributed by atoms with Gasteiger partial charge in [0, 0.05) is 23.6 Å². The second kappa shape index (κ2) is 11.9. The molecule has 0 saturated carbocycles. The molecule has 172 valence electrons. The molecule has 0 aliphatic rings. The van der Waals surface area contributed by atoms with E-state index in [1.54, 1.807) is 13.2 Å². The zero-order valence-electron chi connectivity index (χ0n) is 19.1. The van der Waals surface area contributed by atoms with E-state index in [0.717, 1.165) is 72.2 Å². The highest BCUT2D eigenvalue weighted by Gasteiger charge is 2.19. The van der Waals surface area contributed by atoms with Crippen molar-refractivity contribution in [2.24, 2.45) is 0 Å². The lowest BCUT2D eigenvalue weighted by molar-refractivity contribution is 0.112. The number of pyridine rings is 1. The first-order valence-electron chi connectivity index (χ1n) is 11.3. The molecule has 0 amide bonds. The first kappa shape index (κ1) is 24.8. The third-order valence-electron chi connectivity index (χ3n) is 5.71. The molecule has 4 nitrogen and oxygen atoms in total. The quantitative estimate of drug-likeness (QED) is 0.320. The van der Waals surface area contributed by atoms with Crippen molar-refractivity contribution in [2.45, 2.75) is 45.6 Å². The normalized spacial score (nSPS) is 12.5. The van der Waals surface area contributed by atoms with Crippen molar-refractivity contribution in [1.82, 2.24) is 9.88 Å².